The number of hydrogen-bond acceptors (Lipinski definition) is 3. The summed E-state index contributed by atoms with van der Waals surface area (Å²) >= 11 is 12.2. The van der Waals surface area contributed by atoms with Crippen LogP contribution in [-0.2, 0) is 0 Å². The molecule has 0 atom stereocenters. The third-order valence-corrected chi connectivity index (χ3v) is 4.19. The minimum atomic E-state index is -0.0738. The molecule has 2 rings (SSSR count). The molecule has 0 unspecified atom stereocenters. The summed E-state index contributed by atoms with van der Waals surface area (Å²) in [6, 6.07) is 3.16. The SMILES string of the molecule is CCN1CCN(C(=O)c2cc(Cl)c(OC)cc2Cl)CC1. The van der Waals surface area contributed by atoms with Crippen molar-refractivity contribution in [2.45, 2.75) is 6.92 Å². The molecule has 1 aromatic carbocycles. The summed E-state index contributed by atoms with van der Waals surface area (Å²) in [5, 5.41) is 0.765. The van der Waals surface area contributed by atoms with E-state index in [0.717, 1.165) is 19.6 Å². The molecule has 1 heterocycles. The summed E-state index contributed by atoms with van der Waals surface area (Å²) in [6.07, 6.45) is 0. The lowest BCUT2D eigenvalue weighted by atomic mass is 10.1. The Balaban J connectivity index is 2.16. The first-order chi connectivity index (χ1) is 9.56. The summed E-state index contributed by atoms with van der Waals surface area (Å²) in [4.78, 5) is 16.6. The highest BCUT2D eigenvalue weighted by molar-refractivity contribution is 6.36. The predicted molar refractivity (Wildman–Crippen MR) is 81.0 cm³/mol. The number of ether oxygens (including phenoxy) is 1. The van der Waals surface area contributed by atoms with Crippen molar-refractivity contribution in [3.63, 3.8) is 0 Å². The van der Waals surface area contributed by atoms with E-state index in [0.29, 0.717) is 34.4 Å². The van der Waals surface area contributed by atoms with Crippen molar-refractivity contribution in [1.82, 2.24) is 9.80 Å². The van der Waals surface area contributed by atoms with Gasteiger partial charge in [0.15, 0.2) is 0 Å². The Morgan fingerprint density at radius 2 is 1.85 bits per heavy atom. The molecular weight excluding hydrogens is 299 g/mol. The van der Waals surface area contributed by atoms with E-state index < -0.39 is 0 Å². The lowest BCUT2D eigenvalue weighted by Gasteiger charge is -2.34. The maximum atomic E-state index is 12.5. The third kappa shape index (κ3) is 3.19. The molecule has 110 valence electrons. The highest BCUT2D eigenvalue weighted by Crippen LogP contribution is 2.31. The molecule has 1 aliphatic rings. The van der Waals surface area contributed by atoms with E-state index in [1.54, 1.807) is 12.1 Å². The van der Waals surface area contributed by atoms with Crippen LogP contribution in [0.4, 0.5) is 0 Å². The van der Waals surface area contributed by atoms with Crippen LogP contribution >= 0.6 is 23.2 Å². The van der Waals surface area contributed by atoms with Crippen LogP contribution in [0.1, 0.15) is 17.3 Å². The van der Waals surface area contributed by atoms with E-state index in [1.807, 2.05) is 4.90 Å². The molecule has 1 aromatic rings. The molecule has 0 spiro atoms. The van der Waals surface area contributed by atoms with Gasteiger partial charge >= 0.3 is 0 Å². The van der Waals surface area contributed by atoms with E-state index in [-0.39, 0.29) is 5.91 Å². The number of likely N-dealkylation sites (N-methyl/N-ethyl adjacent to an activating group) is 1. The zero-order chi connectivity index (χ0) is 14.7. The molecule has 0 N–H and O–H groups in total. The number of amides is 1. The summed E-state index contributed by atoms with van der Waals surface area (Å²) < 4.78 is 5.09. The number of halogens is 2. The molecule has 4 nitrogen and oxygen atoms in total. The molecule has 0 aliphatic carbocycles. The highest BCUT2D eigenvalue weighted by atomic mass is 35.5. The van der Waals surface area contributed by atoms with Crippen molar-refractivity contribution in [3.05, 3.63) is 27.7 Å². The average molecular weight is 317 g/mol. The van der Waals surface area contributed by atoms with E-state index in [1.165, 1.54) is 7.11 Å². The van der Waals surface area contributed by atoms with Crippen LogP contribution in [-0.4, -0.2) is 55.5 Å². The summed E-state index contributed by atoms with van der Waals surface area (Å²) in [6.45, 7) is 6.35. The average Bonchev–Trinajstić information content (AvgIpc) is 2.48. The number of methoxy groups -OCH3 is 1. The summed E-state index contributed by atoms with van der Waals surface area (Å²) in [5.41, 5.74) is 0.433. The number of carbonyl (C=O) groups is 1. The maximum Gasteiger partial charge on any atom is 0.255 e. The third-order valence-electron chi connectivity index (χ3n) is 3.58. The number of carbonyl (C=O) groups excluding carboxylic acids is 1. The van der Waals surface area contributed by atoms with Crippen LogP contribution in [0.2, 0.25) is 10.0 Å². The second-order valence-corrected chi connectivity index (χ2v) is 5.51. The van der Waals surface area contributed by atoms with Gasteiger partial charge < -0.3 is 14.5 Å². The second-order valence-electron chi connectivity index (χ2n) is 4.69. The topological polar surface area (TPSA) is 32.8 Å². The van der Waals surface area contributed by atoms with Gasteiger partial charge in [0.05, 0.1) is 22.7 Å². The predicted octanol–water partition coefficient (Wildman–Crippen LogP) is 2.78. The van der Waals surface area contributed by atoms with Crippen LogP contribution in [0.25, 0.3) is 0 Å². The molecule has 0 radical (unpaired) electrons. The Kier molecular flexibility index (Phi) is 5.13. The van der Waals surface area contributed by atoms with Crippen LogP contribution in [0, 0.1) is 0 Å². The van der Waals surface area contributed by atoms with Crippen molar-refractivity contribution in [2.75, 3.05) is 39.8 Å². The molecule has 1 aliphatic heterocycles. The van der Waals surface area contributed by atoms with Gasteiger partial charge in [-0.25, -0.2) is 0 Å². The fourth-order valence-electron chi connectivity index (χ4n) is 2.29. The number of hydrogen-bond donors (Lipinski definition) is 0. The van der Waals surface area contributed by atoms with Crippen LogP contribution in [0.15, 0.2) is 12.1 Å². The van der Waals surface area contributed by atoms with Crippen molar-refractivity contribution < 1.29 is 9.53 Å². The molecule has 6 heteroatoms. The van der Waals surface area contributed by atoms with Gasteiger partial charge in [-0.05, 0) is 12.6 Å². The first kappa shape index (κ1) is 15.4. The summed E-state index contributed by atoms with van der Waals surface area (Å²) in [5.74, 6) is 0.402. The Labute approximate surface area is 129 Å². The van der Waals surface area contributed by atoms with E-state index >= 15 is 0 Å². The fourth-order valence-corrected chi connectivity index (χ4v) is 2.76. The standard InChI is InChI=1S/C14H18Cl2N2O2/c1-3-17-4-6-18(7-5-17)14(19)10-8-12(16)13(20-2)9-11(10)15/h8-9H,3-7H2,1-2H3. The first-order valence-corrected chi connectivity index (χ1v) is 7.37. The monoisotopic (exact) mass is 316 g/mol. The van der Waals surface area contributed by atoms with Crippen LogP contribution < -0.4 is 4.74 Å². The van der Waals surface area contributed by atoms with E-state index in [9.17, 15) is 4.79 Å². The largest absolute Gasteiger partial charge is 0.495 e. The first-order valence-electron chi connectivity index (χ1n) is 6.61. The van der Waals surface area contributed by atoms with Gasteiger partial charge in [0.25, 0.3) is 5.91 Å². The van der Waals surface area contributed by atoms with Crippen molar-refractivity contribution >= 4 is 29.1 Å². The molecule has 20 heavy (non-hydrogen) atoms. The smallest absolute Gasteiger partial charge is 0.255 e. The van der Waals surface area contributed by atoms with Gasteiger partial charge in [-0.3, -0.25) is 4.79 Å². The number of rotatable bonds is 3. The maximum absolute atomic E-state index is 12.5. The quantitative estimate of drug-likeness (QED) is 0.859. The van der Waals surface area contributed by atoms with Gasteiger partial charge in [0.2, 0.25) is 0 Å². The van der Waals surface area contributed by atoms with Gasteiger partial charge in [-0.2, -0.15) is 0 Å². The zero-order valence-electron chi connectivity index (χ0n) is 11.7. The van der Waals surface area contributed by atoms with Crippen molar-refractivity contribution in [2.24, 2.45) is 0 Å². The second kappa shape index (κ2) is 6.66. The molecule has 1 fully saturated rings. The van der Waals surface area contributed by atoms with Gasteiger partial charge in [-0.15, -0.1) is 0 Å². The Hall–Kier alpha value is -0.970. The normalized spacial score (nSPS) is 16.3. The highest BCUT2D eigenvalue weighted by Gasteiger charge is 2.24. The van der Waals surface area contributed by atoms with Crippen LogP contribution in [0.5, 0.6) is 5.75 Å². The fraction of sp³-hybridized carbons (Fsp3) is 0.500. The molecule has 0 aromatic heterocycles. The molecule has 0 saturated carbocycles. The number of nitrogens with zero attached hydrogens (tertiary/aromatic N) is 2. The lowest BCUT2D eigenvalue weighted by molar-refractivity contribution is 0.0643. The van der Waals surface area contributed by atoms with E-state index in [4.69, 9.17) is 27.9 Å². The zero-order valence-corrected chi connectivity index (χ0v) is 13.2. The molecule has 1 amide bonds. The Morgan fingerprint density at radius 3 is 2.40 bits per heavy atom. The lowest BCUT2D eigenvalue weighted by Crippen LogP contribution is -2.48. The van der Waals surface area contributed by atoms with Gasteiger partial charge in [0, 0.05) is 32.2 Å². The number of benzene rings is 1. The van der Waals surface area contributed by atoms with Crippen molar-refractivity contribution in [3.8, 4) is 5.75 Å². The van der Waals surface area contributed by atoms with Gasteiger partial charge in [0.1, 0.15) is 5.75 Å². The van der Waals surface area contributed by atoms with Crippen molar-refractivity contribution in [1.29, 1.82) is 0 Å². The summed E-state index contributed by atoms with van der Waals surface area (Å²) in [7, 11) is 1.52. The van der Waals surface area contributed by atoms with Crippen LogP contribution in [0.3, 0.4) is 0 Å². The van der Waals surface area contributed by atoms with Gasteiger partial charge in [-0.1, -0.05) is 30.1 Å². The molecule has 1 saturated heterocycles. The van der Waals surface area contributed by atoms with E-state index in [2.05, 4.69) is 11.8 Å². The minimum Gasteiger partial charge on any atom is -0.495 e. The Bertz CT molecular complexity index is 500. The Morgan fingerprint density at radius 1 is 1.20 bits per heavy atom. The molecular formula is C14H18Cl2N2O2. The number of piperazine rings is 1. The molecule has 0 bridgehead atoms. The minimum absolute atomic E-state index is 0.0738.